The largest absolute Gasteiger partial charge is 0.357 e. The molecule has 1 unspecified atom stereocenters. The minimum Gasteiger partial charge on any atom is -0.357 e. The lowest BCUT2D eigenvalue weighted by Crippen LogP contribution is -2.58. The van der Waals surface area contributed by atoms with Crippen molar-refractivity contribution in [3.05, 3.63) is 0 Å². The molecule has 0 saturated carbocycles. The Morgan fingerprint density at radius 3 is 2.22 bits per heavy atom. The van der Waals surface area contributed by atoms with Gasteiger partial charge in [0.15, 0.2) is 5.96 Å². The van der Waals surface area contributed by atoms with E-state index in [0.717, 1.165) is 19.0 Å². The van der Waals surface area contributed by atoms with Gasteiger partial charge in [0.2, 0.25) is 0 Å². The lowest BCUT2D eigenvalue weighted by Gasteiger charge is -2.49. The van der Waals surface area contributed by atoms with Gasteiger partial charge in [0.1, 0.15) is 0 Å². The summed E-state index contributed by atoms with van der Waals surface area (Å²) in [5, 5.41) is 3.65. The van der Waals surface area contributed by atoms with E-state index in [2.05, 4.69) is 38.9 Å². The Morgan fingerprint density at radius 1 is 0.906 bits per heavy atom. The van der Waals surface area contributed by atoms with E-state index >= 15 is 0 Å². The maximum atomic E-state index is 5.33. The van der Waals surface area contributed by atoms with Crippen LogP contribution in [0.15, 0.2) is 4.99 Å². The molecule has 32 heavy (non-hydrogen) atoms. The maximum absolute atomic E-state index is 5.33. The summed E-state index contributed by atoms with van der Waals surface area (Å²) in [6.07, 6.45) is 12.2. The number of rotatable bonds is 6. The van der Waals surface area contributed by atoms with Gasteiger partial charge in [-0.15, -0.1) is 24.0 Å². The summed E-state index contributed by atoms with van der Waals surface area (Å²) in [5.41, 5.74) is 0.278. The third-order valence-corrected chi connectivity index (χ3v) is 8.35. The van der Waals surface area contributed by atoms with Crippen molar-refractivity contribution in [3.63, 3.8) is 0 Å². The van der Waals surface area contributed by atoms with Crippen molar-refractivity contribution in [2.75, 3.05) is 79.0 Å². The second-order valence-corrected chi connectivity index (χ2v) is 10.7. The minimum absolute atomic E-state index is 0. The SMILES string of the molecule is CCNC(=NCC1(N2CCCCC2)CCN(C)CC1)N1CCC(CN2CCCCC2)C1.I. The number of hydrogen-bond acceptors (Lipinski definition) is 4. The average Bonchev–Trinajstić information content (AvgIpc) is 3.27. The van der Waals surface area contributed by atoms with Crippen LogP contribution in [-0.4, -0.2) is 110 Å². The molecule has 0 aromatic carbocycles. The van der Waals surface area contributed by atoms with Gasteiger partial charge in [-0.1, -0.05) is 12.8 Å². The van der Waals surface area contributed by atoms with Gasteiger partial charge in [-0.3, -0.25) is 9.89 Å². The second kappa shape index (κ2) is 13.1. The quantitative estimate of drug-likeness (QED) is 0.307. The van der Waals surface area contributed by atoms with E-state index < -0.39 is 0 Å². The number of guanidine groups is 1. The predicted octanol–water partition coefficient (Wildman–Crippen LogP) is 3.33. The number of hydrogen-bond donors (Lipinski definition) is 1. The van der Waals surface area contributed by atoms with Gasteiger partial charge in [0.05, 0.1) is 6.54 Å². The van der Waals surface area contributed by atoms with E-state index in [4.69, 9.17) is 4.99 Å². The summed E-state index contributed by atoms with van der Waals surface area (Å²) in [6.45, 7) is 15.4. The summed E-state index contributed by atoms with van der Waals surface area (Å²) in [6, 6.07) is 0. The summed E-state index contributed by atoms with van der Waals surface area (Å²) in [4.78, 5) is 15.9. The molecule has 0 aromatic rings. The van der Waals surface area contributed by atoms with Crippen molar-refractivity contribution >= 4 is 29.9 Å². The van der Waals surface area contributed by atoms with E-state index in [9.17, 15) is 0 Å². The zero-order valence-electron chi connectivity index (χ0n) is 20.9. The van der Waals surface area contributed by atoms with Crippen LogP contribution in [0.3, 0.4) is 0 Å². The van der Waals surface area contributed by atoms with E-state index in [1.165, 1.54) is 123 Å². The van der Waals surface area contributed by atoms with Crippen LogP contribution >= 0.6 is 24.0 Å². The molecule has 0 amide bonds. The number of nitrogens with zero attached hydrogens (tertiary/aromatic N) is 5. The summed E-state index contributed by atoms with van der Waals surface area (Å²) < 4.78 is 0. The van der Waals surface area contributed by atoms with Crippen LogP contribution in [0.5, 0.6) is 0 Å². The molecular formula is C25H49IN6. The molecule has 4 aliphatic rings. The predicted molar refractivity (Wildman–Crippen MR) is 146 cm³/mol. The molecule has 186 valence electrons. The first-order valence-corrected chi connectivity index (χ1v) is 13.4. The van der Waals surface area contributed by atoms with E-state index in [1.807, 2.05) is 0 Å². The minimum atomic E-state index is 0. The van der Waals surface area contributed by atoms with Gasteiger partial charge in [0, 0.05) is 31.7 Å². The number of piperidine rings is 3. The second-order valence-electron chi connectivity index (χ2n) is 10.7. The molecular weight excluding hydrogens is 511 g/mol. The third-order valence-electron chi connectivity index (χ3n) is 8.35. The molecule has 4 fully saturated rings. The van der Waals surface area contributed by atoms with Gasteiger partial charge >= 0.3 is 0 Å². The van der Waals surface area contributed by atoms with Crippen LogP contribution in [-0.2, 0) is 0 Å². The summed E-state index contributed by atoms with van der Waals surface area (Å²) >= 11 is 0. The Hall–Kier alpha value is -0.120. The van der Waals surface area contributed by atoms with Crippen molar-refractivity contribution in [3.8, 4) is 0 Å². The van der Waals surface area contributed by atoms with Gasteiger partial charge in [-0.25, -0.2) is 0 Å². The van der Waals surface area contributed by atoms with E-state index in [1.54, 1.807) is 0 Å². The zero-order valence-corrected chi connectivity index (χ0v) is 23.2. The number of likely N-dealkylation sites (tertiary alicyclic amines) is 4. The smallest absolute Gasteiger partial charge is 0.193 e. The molecule has 1 atom stereocenters. The highest BCUT2D eigenvalue weighted by Gasteiger charge is 2.40. The molecule has 0 radical (unpaired) electrons. The van der Waals surface area contributed by atoms with Gasteiger partial charge in [-0.05, 0) is 104 Å². The normalized spacial score (nSPS) is 28.5. The van der Waals surface area contributed by atoms with Crippen molar-refractivity contribution in [2.24, 2.45) is 10.9 Å². The van der Waals surface area contributed by atoms with Crippen LogP contribution in [0.4, 0.5) is 0 Å². The van der Waals surface area contributed by atoms with Crippen molar-refractivity contribution in [1.29, 1.82) is 0 Å². The van der Waals surface area contributed by atoms with Crippen LogP contribution in [0, 0.1) is 5.92 Å². The first kappa shape index (κ1) is 26.5. The maximum Gasteiger partial charge on any atom is 0.193 e. The number of aliphatic imine (C=N–C) groups is 1. The van der Waals surface area contributed by atoms with Crippen molar-refractivity contribution in [2.45, 2.75) is 70.3 Å². The Kier molecular flexibility index (Phi) is 10.8. The Bertz CT molecular complexity index is 565. The highest BCUT2D eigenvalue weighted by Crippen LogP contribution is 2.32. The molecule has 0 bridgehead atoms. The number of nitrogens with one attached hydrogen (secondary N) is 1. The third kappa shape index (κ3) is 6.95. The van der Waals surface area contributed by atoms with Crippen LogP contribution in [0.2, 0.25) is 0 Å². The Balaban J connectivity index is 0.00000289. The monoisotopic (exact) mass is 560 g/mol. The van der Waals surface area contributed by atoms with E-state index in [0.29, 0.717) is 0 Å². The van der Waals surface area contributed by atoms with Gasteiger partial charge < -0.3 is 20.0 Å². The molecule has 4 aliphatic heterocycles. The van der Waals surface area contributed by atoms with Crippen LogP contribution in [0.1, 0.15) is 64.7 Å². The fourth-order valence-corrected chi connectivity index (χ4v) is 6.31. The van der Waals surface area contributed by atoms with Crippen molar-refractivity contribution in [1.82, 2.24) is 24.9 Å². The average molecular weight is 561 g/mol. The highest BCUT2D eigenvalue weighted by atomic mass is 127. The van der Waals surface area contributed by atoms with Crippen LogP contribution in [0.25, 0.3) is 0 Å². The molecule has 6 nitrogen and oxygen atoms in total. The molecule has 0 aromatic heterocycles. The fraction of sp³-hybridized carbons (Fsp3) is 0.960. The lowest BCUT2D eigenvalue weighted by atomic mass is 9.84. The van der Waals surface area contributed by atoms with Gasteiger partial charge in [-0.2, -0.15) is 0 Å². The Labute approximate surface area is 214 Å². The van der Waals surface area contributed by atoms with Crippen molar-refractivity contribution < 1.29 is 0 Å². The van der Waals surface area contributed by atoms with Gasteiger partial charge in [0.25, 0.3) is 0 Å². The molecule has 0 spiro atoms. The standard InChI is InChI=1S/C25H48N6.HI/c1-3-26-24(30-17-10-23(21-30)20-29-13-6-4-7-14-29)27-22-25(11-18-28(2)19-12-25)31-15-8-5-9-16-31;/h23H,3-22H2,1-2H3,(H,26,27);1H. The molecule has 1 N–H and O–H groups in total. The summed E-state index contributed by atoms with van der Waals surface area (Å²) in [7, 11) is 2.28. The van der Waals surface area contributed by atoms with Crippen LogP contribution < -0.4 is 5.32 Å². The highest BCUT2D eigenvalue weighted by molar-refractivity contribution is 14.0. The molecule has 4 heterocycles. The molecule has 7 heteroatoms. The Morgan fingerprint density at radius 2 is 1.56 bits per heavy atom. The topological polar surface area (TPSA) is 37.4 Å². The number of halogens is 1. The molecule has 0 aliphatic carbocycles. The fourth-order valence-electron chi connectivity index (χ4n) is 6.31. The lowest BCUT2D eigenvalue weighted by molar-refractivity contribution is 0.0206. The van der Waals surface area contributed by atoms with E-state index in [-0.39, 0.29) is 29.5 Å². The molecule has 4 rings (SSSR count). The first-order chi connectivity index (χ1) is 15.2. The first-order valence-electron chi connectivity index (χ1n) is 13.4. The summed E-state index contributed by atoms with van der Waals surface area (Å²) in [5.74, 6) is 1.99. The molecule has 4 saturated heterocycles. The zero-order chi connectivity index (χ0) is 21.5.